The molecule has 1 aliphatic carbocycles. The van der Waals surface area contributed by atoms with Crippen molar-refractivity contribution >= 4 is 11.6 Å². The predicted molar refractivity (Wildman–Crippen MR) is 113 cm³/mol. The molecule has 2 rings (SSSR count). The van der Waals surface area contributed by atoms with Gasteiger partial charge < -0.3 is 0 Å². The summed E-state index contributed by atoms with van der Waals surface area (Å²) in [6, 6.07) is 9.45. The Morgan fingerprint density at radius 3 is 1.89 bits per heavy atom. The van der Waals surface area contributed by atoms with Crippen molar-refractivity contribution in [3.05, 3.63) is 47.0 Å². The lowest BCUT2D eigenvalue weighted by atomic mass is 9.66. The van der Waals surface area contributed by atoms with Gasteiger partial charge in [0, 0.05) is 11.0 Å². The minimum Gasteiger partial charge on any atom is -0.297 e. The van der Waals surface area contributed by atoms with Crippen LogP contribution in [0.4, 0.5) is 0 Å². The monoisotopic (exact) mass is 368 g/mol. The van der Waals surface area contributed by atoms with E-state index in [0.717, 1.165) is 50.5 Å². The van der Waals surface area contributed by atoms with Gasteiger partial charge in [-0.1, -0.05) is 89.3 Å². The van der Waals surface area contributed by atoms with E-state index in [1.54, 1.807) is 0 Å². The van der Waals surface area contributed by atoms with Gasteiger partial charge in [-0.25, -0.2) is 0 Å². The van der Waals surface area contributed by atoms with E-state index in [0.29, 0.717) is 12.0 Å². The maximum absolute atomic E-state index is 14.1. The molecule has 0 radical (unpaired) electrons. The molecule has 1 aromatic carbocycles. The van der Waals surface area contributed by atoms with E-state index in [1.807, 2.05) is 30.3 Å². The summed E-state index contributed by atoms with van der Waals surface area (Å²) in [5, 5.41) is 0. The lowest BCUT2D eigenvalue weighted by Crippen LogP contribution is -2.43. The van der Waals surface area contributed by atoms with Crippen LogP contribution >= 0.6 is 0 Å². The second kappa shape index (κ2) is 8.99. The molecule has 0 bridgehead atoms. The molecule has 0 saturated carbocycles. The minimum absolute atomic E-state index is 0.0202. The average molecular weight is 369 g/mol. The zero-order valence-corrected chi connectivity index (χ0v) is 17.9. The van der Waals surface area contributed by atoms with Crippen LogP contribution < -0.4 is 0 Å². The van der Waals surface area contributed by atoms with Crippen molar-refractivity contribution in [2.24, 2.45) is 10.8 Å². The molecule has 0 saturated heterocycles. The van der Waals surface area contributed by atoms with E-state index >= 15 is 0 Å². The van der Waals surface area contributed by atoms with Crippen molar-refractivity contribution in [3.63, 3.8) is 0 Å². The summed E-state index contributed by atoms with van der Waals surface area (Å²) < 4.78 is 0. The molecule has 1 aromatic rings. The van der Waals surface area contributed by atoms with Crippen molar-refractivity contribution in [2.45, 2.75) is 86.0 Å². The van der Waals surface area contributed by atoms with Gasteiger partial charge in [0.1, 0.15) is 5.41 Å². The summed E-state index contributed by atoms with van der Waals surface area (Å²) in [6.45, 7) is 10.7. The maximum Gasteiger partial charge on any atom is 0.180 e. The van der Waals surface area contributed by atoms with Crippen LogP contribution in [-0.4, -0.2) is 11.6 Å². The third kappa shape index (κ3) is 3.56. The molecule has 0 N–H and O–H groups in total. The molecule has 0 heterocycles. The Morgan fingerprint density at radius 1 is 0.815 bits per heavy atom. The summed E-state index contributed by atoms with van der Waals surface area (Å²) in [5.74, 6) is 0.186. The second-order valence-electron chi connectivity index (χ2n) is 8.22. The van der Waals surface area contributed by atoms with Crippen LogP contribution in [0.3, 0.4) is 0 Å². The molecule has 0 aromatic heterocycles. The number of benzene rings is 1. The van der Waals surface area contributed by atoms with E-state index < -0.39 is 10.8 Å². The van der Waals surface area contributed by atoms with E-state index in [1.165, 1.54) is 5.57 Å². The number of Topliss-reactive ketones (excluding diaryl/α,β-unsaturated/α-hetero) is 2. The van der Waals surface area contributed by atoms with Gasteiger partial charge >= 0.3 is 0 Å². The largest absolute Gasteiger partial charge is 0.297 e. The van der Waals surface area contributed by atoms with E-state index in [-0.39, 0.29) is 11.6 Å². The normalized spacial score (nSPS) is 25.3. The molecule has 2 nitrogen and oxygen atoms in total. The van der Waals surface area contributed by atoms with Crippen molar-refractivity contribution < 1.29 is 9.59 Å². The predicted octanol–water partition coefficient (Wildman–Crippen LogP) is 6.94. The highest BCUT2D eigenvalue weighted by molar-refractivity contribution is 6.21. The molecule has 0 spiro atoms. The summed E-state index contributed by atoms with van der Waals surface area (Å²) in [6.07, 6.45) is 6.99. The van der Waals surface area contributed by atoms with Crippen LogP contribution in [0.2, 0.25) is 0 Å². The molecule has 0 unspecified atom stereocenters. The molecular formula is C25H36O2. The Hall–Kier alpha value is -1.70. The zero-order valence-electron chi connectivity index (χ0n) is 17.9. The van der Waals surface area contributed by atoms with Crippen LogP contribution in [-0.2, 0) is 4.79 Å². The van der Waals surface area contributed by atoms with E-state index in [4.69, 9.17) is 0 Å². The summed E-state index contributed by atoms with van der Waals surface area (Å²) in [4.78, 5) is 27.9. The highest BCUT2D eigenvalue weighted by Crippen LogP contribution is 2.58. The fourth-order valence-electron chi connectivity index (χ4n) is 5.22. The summed E-state index contributed by atoms with van der Waals surface area (Å²) in [7, 11) is 0. The zero-order chi connectivity index (χ0) is 20.1. The SMILES string of the molecule is CCCC1=C(CCC)[C@](CCC)(C(=O)c2ccccc2)C(=O)[C@@]1(C)CCC. The van der Waals surface area contributed by atoms with Crippen LogP contribution in [0.5, 0.6) is 0 Å². The van der Waals surface area contributed by atoms with Gasteiger partial charge in [-0.2, -0.15) is 0 Å². The van der Waals surface area contributed by atoms with Gasteiger partial charge in [0.05, 0.1) is 0 Å². The Kier molecular flexibility index (Phi) is 7.19. The van der Waals surface area contributed by atoms with Gasteiger partial charge in [-0.05, 0) is 38.2 Å². The molecule has 148 valence electrons. The molecule has 0 fully saturated rings. The lowest BCUT2D eigenvalue weighted by molar-refractivity contribution is -0.131. The number of allylic oxidation sites excluding steroid dienone is 2. The molecule has 27 heavy (non-hydrogen) atoms. The number of hydrogen-bond donors (Lipinski definition) is 0. The standard InChI is InChI=1S/C25H36O2/c1-6-13-20-21(14-7-2)25(18-9-4,23(27)24(20,5)17-8-3)22(26)19-15-11-10-12-16-19/h10-12,15-16H,6-9,13-14,17-18H2,1-5H3/t24-,25+/m0/s1. The third-order valence-corrected chi connectivity index (χ3v) is 6.23. The number of ketones is 2. The Morgan fingerprint density at radius 2 is 1.37 bits per heavy atom. The first-order chi connectivity index (χ1) is 12.9. The highest BCUT2D eigenvalue weighted by atomic mass is 16.2. The first-order valence-corrected chi connectivity index (χ1v) is 10.8. The smallest absolute Gasteiger partial charge is 0.180 e. The van der Waals surface area contributed by atoms with E-state index in [9.17, 15) is 9.59 Å². The number of rotatable bonds is 10. The van der Waals surface area contributed by atoms with Gasteiger partial charge in [0.15, 0.2) is 11.6 Å². The summed E-state index contributed by atoms with van der Waals surface area (Å²) >= 11 is 0. The number of carbonyl (C=O) groups is 2. The average Bonchev–Trinajstić information content (AvgIpc) is 2.84. The van der Waals surface area contributed by atoms with E-state index in [2.05, 4.69) is 34.6 Å². The minimum atomic E-state index is -0.958. The molecule has 2 heteroatoms. The van der Waals surface area contributed by atoms with Crippen molar-refractivity contribution in [1.82, 2.24) is 0 Å². The van der Waals surface area contributed by atoms with Gasteiger partial charge in [-0.3, -0.25) is 9.59 Å². The fraction of sp³-hybridized carbons (Fsp3) is 0.600. The first-order valence-electron chi connectivity index (χ1n) is 10.8. The lowest BCUT2D eigenvalue weighted by Gasteiger charge is -2.33. The topological polar surface area (TPSA) is 34.1 Å². The van der Waals surface area contributed by atoms with Crippen molar-refractivity contribution in [1.29, 1.82) is 0 Å². The van der Waals surface area contributed by atoms with Crippen LogP contribution in [0.1, 0.15) is 96.3 Å². The third-order valence-electron chi connectivity index (χ3n) is 6.23. The molecule has 2 atom stereocenters. The van der Waals surface area contributed by atoms with Crippen LogP contribution in [0.25, 0.3) is 0 Å². The summed E-state index contributed by atoms with van der Waals surface area (Å²) in [5.41, 5.74) is 1.65. The molecule has 0 amide bonds. The molecule has 1 aliphatic rings. The Labute approximate surface area is 165 Å². The van der Waals surface area contributed by atoms with Crippen LogP contribution in [0.15, 0.2) is 41.5 Å². The maximum atomic E-state index is 14.1. The Balaban J connectivity index is 2.76. The quantitative estimate of drug-likeness (QED) is 0.254. The van der Waals surface area contributed by atoms with Gasteiger partial charge in [0.2, 0.25) is 0 Å². The molecule has 0 aliphatic heterocycles. The first kappa shape index (κ1) is 21.6. The highest BCUT2D eigenvalue weighted by Gasteiger charge is 2.60. The Bertz CT molecular complexity index is 700. The van der Waals surface area contributed by atoms with Crippen molar-refractivity contribution in [3.8, 4) is 0 Å². The second-order valence-corrected chi connectivity index (χ2v) is 8.22. The molecular weight excluding hydrogens is 332 g/mol. The van der Waals surface area contributed by atoms with Gasteiger partial charge in [-0.15, -0.1) is 0 Å². The van der Waals surface area contributed by atoms with Gasteiger partial charge in [0.25, 0.3) is 0 Å². The number of hydrogen-bond acceptors (Lipinski definition) is 2. The number of carbonyl (C=O) groups excluding carboxylic acids is 2. The van der Waals surface area contributed by atoms with Crippen molar-refractivity contribution in [2.75, 3.05) is 0 Å². The van der Waals surface area contributed by atoms with Crippen LogP contribution in [0, 0.1) is 10.8 Å². The fourth-order valence-corrected chi connectivity index (χ4v) is 5.22.